The molecule has 0 unspecified atom stereocenters. The SMILES string of the molecule is CCOC(=O)NS(=O)(=O)Nc1cncc(C(=O)O)c1. The lowest BCUT2D eigenvalue weighted by Crippen LogP contribution is -2.35. The number of carbonyl (C=O) groups is 2. The van der Waals surface area contributed by atoms with Crippen LogP contribution in [-0.4, -0.2) is 37.2 Å². The molecule has 9 nitrogen and oxygen atoms in total. The van der Waals surface area contributed by atoms with Gasteiger partial charge in [0.05, 0.1) is 24.1 Å². The van der Waals surface area contributed by atoms with Crippen molar-refractivity contribution in [3.8, 4) is 0 Å². The van der Waals surface area contributed by atoms with E-state index in [9.17, 15) is 18.0 Å². The molecule has 0 spiro atoms. The van der Waals surface area contributed by atoms with Crippen molar-refractivity contribution in [1.29, 1.82) is 0 Å². The number of carboxylic acid groups (broad SMARTS) is 1. The molecule has 0 bridgehead atoms. The van der Waals surface area contributed by atoms with E-state index >= 15 is 0 Å². The molecule has 1 aromatic rings. The van der Waals surface area contributed by atoms with Gasteiger partial charge in [-0.05, 0) is 13.0 Å². The molecule has 1 aromatic heterocycles. The summed E-state index contributed by atoms with van der Waals surface area (Å²) in [5.74, 6) is -1.26. The third-order valence-corrected chi connectivity index (χ3v) is 2.67. The number of rotatable bonds is 5. The number of ether oxygens (including phenoxy) is 1. The first-order valence-corrected chi connectivity index (χ1v) is 6.48. The molecule has 1 rings (SSSR count). The van der Waals surface area contributed by atoms with Gasteiger partial charge in [0.2, 0.25) is 0 Å². The molecule has 0 radical (unpaired) electrons. The molecule has 0 atom stereocenters. The van der Waals surface area contributed by atoms with Gasteiger partial charge in [-0.2, -0.15) is 8.42 Å². The zero-order valence-electron chi connectivity index (χ0n) is 9.78. The number of nitrogens with zero attached hydrogens (tertiary/aromatic N) is 1. The van der Waals surface area contributed by atoms with E-state index in [2.05, 4.69) is 9.72 Å². The van der Waals surface area contributed by atoms with Crippen LogP contribution in [0.4, 0.5) is 10.5 Å². The molecular weight excluding hydrogens is 278 g/mol. The molecule has 10 heteroatoms. The first kappa shape index (κ1) is 14.7. The number of carbonyl (C=O) groups excluding carboxylic acids is 1. The third-order valence-electron chi connectivity index (χ3n) is 1.73. The number of hydrogen-bond donors (Lipinski definition) is 3. The van der Waals surface area contributed by atoms with Gasteiger partial charge in [-0.1, -0.05) is 0 Å². The van der Waals surface area contributed by atoms with Crippen LogP contribution in [0.1, 0.15) is 17.3 Å². The van der Waals surface area contributed by atoms with Gasteiger partial charge in [-0.15, -0.1) is 0 Å². The highest BCUT2D eigenvalue weighted by Gasteiger charge is 2.15. The van der Waals surface area contributed by atoms with Crippen LogP contribution in [0.15, 0.2) is 18.5 Å². The Bertz CT molecular complexity index is 585. The molecule has 1 heterocycles. The van der Waals surface area contributed by atoms with Gasteiger partial charge < -0.3 is 9.84 Å². The van der Waals surface area contributed by atoms with Crippen LogP contribution in [0, 0.1) is 0 Å². The first-order chi connectivity index (χ1) is 8.84. The minimum absolute atomic E-state index is 0.0113. The molecule has 0 aliphatic rings. The highest BCUT2D eigenvalue weighted by molar-refractivity contribution is 7.91. The Kier molecular flexibility index (Phi) is 4.64. The van der Waals surface area contributed by atoms with Gasteiger partial charge >= 0.3 is 22.3 Å². The fourth-order valence-electron chi connectivity index (χ4n) is 1.06. The van der Waals surface area contributed by atoms with E-state index < -0.39 is 22.3 Å². The van der Waals surface area contributed by atoms with Crippen molar-refractivity contribution in [2.24, 2.45) is 0 Å². The fourth-order valence-corrected chi connectivity index (χ4v) is 1.81. The van der Waals surface area contributed by atoms with E-state index in [-0.39, 0.29) is 17.9 Å². The number of carboxylic acids is 1. The first-order valence-electron chi connectivity index (χ1n) is 4.99. The lowest BCUT2D eigenvalue weighted by Gasteiger charge is -2.09. The van der Waals surface area contributed by atoms with Crippen molar-refractivity contribution in [1.82, 2.24) is 9.71 Å². The zero-order chi connectivity index (χ0) is 14.5. The van der Waals surface area contributed by atoms with Crippen molar-refractivity contribution in [2.45, 2.75) is 6.92 Å². The van der Waals surface area contributed by atoms with Crippen molar-refractivity contribution >= 4 is 28.0 Å². The number of amides is 1. The predicted octanol–water partition coefficient (Wildman–Crippen LogP) is 0.183. The quantitative estimate of drug-likeness (QED) is 0.703. The number of aromatic nitrogens is 1. The number of nitrogens with one attached hydrogen (secondary N) is 2. The predicted molar refractivity (Wildman–Crippen MR) is 63.9 cm³/mol. The zero-order valence-corrected chi connectivity index (χ0v) is 10.6. The van der Waals surface area contributed by atoms with Gasteiger partial charge in [0.1, 0.15) is 0 Å². The van der Waals surface area contributed by atoms with Crippen LogP contribution in [0.5, 0.6) is 0 Å². The lowest BCUT2D eigenvalue weighted by molar-refractivity contribution is 0.0696. The summed E-state index contributed by atoms with van der Waals surface area (Å²) in [6.07, 6.45) is 1.01. The van der Waals surface area contributed by atoms with Crippen molar-refractivity contribution < 1.29 is 27.9 Å². The normalized spacial score (nSPS) is 10.6. The molecule has 0 aromatic carbocycles. The molecule has 3 N–H and O–H groups in total. The summed E-state index contributed by atoms with van der Waals surface area (Å²) in [5.41, 5.74) is -0.298. The summed E-state index contributed by atoms with van der Waals surface area (Å²) in [4.78, 5) is 25.2. The van der Waals surface area contributed by atoms with Crippen LogP contribution in [0.2, 0.25) is 0 Å². The third kappa shape index (κ3) is 4.79. The van der Waals surface area contributed by atoms with Crippen LogP contribution in [0.3, 0.4) is 0 Å². The van der Waals surface area contributed by atoms with E-state index in [0.29, 0.717) is 0 Å². The van der Waals surface area contributed by atoms with E-state index in [1.807, 2.05) is 4.72 Å². The van der Waals surface area contributed by atoms with Gasteiger partial charge in [0.25, 0.3) is 0 Å². The summed E-state index contributed by atoms with van der Waals surface area (Å²) in [5, 5.41) is 8.72. The summed E-state index contributed by atoms with van der Waals surface area (Å²) in [6, 6.07) is 1.06. The monoisotopic (exact) mass is 289 g/mol. The smallest absolute Gasteiger partial charge is 0.422 e. The minimum atomic E-state index is -4.21. The average Bonchev–Trinajstić information content (AvgIpc) is 2.27. The van der Waals surface area contributed by atoms with Crippen molar-refractivity contribution in [2.75, 3.05) is 11.3 Å². The Balaban J connectivity index is 2.81. The summed E-state index contributed by atoms with van der Waals surface area (Å²) in [6.45, 7) is 1.53. The second-order valence-corrected chi connectivity index (χ2v) is 4.61. The summed E-state index contributed by atoms with van der Waals surface area (Å²) in [7, 11) is -4.21. The van der Waals surface area contributed by atoms with Gasteiger partial charge in [-0.3, -0.25) is 9.71 Å². The van der Waals surface area contributed by atoms with E-state index in [0.717, 1.165) is 18.5 Å². The Morgan fingerprint density at radius 2 is 2.11 bits per heavy atom. The number of anilines is 1. The van der Waals surface area contributed by atoms with Crippen LogP contribution in [0.25, 0.3) is 0 Å². The molecule has 0 saturated carbocycles. The van der Waals surface area contributed by atoms with E-state index in [1.165, 1.54) is 6.92 Å². The Labute approximate surface area is 108 Å². The molecule has 0 aliphatic carbocycles. The van der Waals surface area contributed by atoms with E-state index in [1.54, 1.807) is 4.72 Å². The second kappa shape index (κ2) is 6.00. The number of pyridine rings is 1. The van der Waals surface area contributed by atoms with E-state index in [4.69, 9.17) is 5.11 Å². The lowest BCUT2D eigenvalue weighted by atomic mass is 10.3. The highest BCUT2D eigenvalue weighted by Crippen LogP contribution is 2.09. The Morgan fingerprint density at radius 1 is 1.42 bits per heavy atom. The van der Waals surface area contributed by atoms with Crippen molar-refractivity contribution in [3.05, 3.63) is 24.0 Å². The molecule has 0 saturated heterocycles. The minimum Gasteiger partial charge on any atom is -0.478 e. The molecule has 104 valence electrons. The summed E-state index contributed by atoms with van der Waals surface area (Å²) < 4.78 is 30.9. The number of hydrogen-bond acceptors (Lipinski definition) is 6. The van der Waals surface area contributed by atoms with Crippen LogP contribution >= 0.6 is 0 Å². The van der Waals surface area contributed by atoms with Crippen molar-refractivity contribution in [3.63, 3.8) is 0 Å². The van der Waals surface area contributed by atoms with Gasteiger partial charge in [0.15, 0.2) is 0 Å². The largest absolute Gasteiger partial charge is 0.478 e. The maximum atomic E-state index is 11.5. The second-order valence-electron chi connectivity index (χ2n) is 3.20. The molecular formula is C9H11N3O6S. The topological polar surface area (TPSA) is 135 Å². The maximum Gasteiger partial charge on any atom is 0.422 e. The fraction of sp³-hybridized carbons (Fsp3) is 0.222. The Morgan fingerprint density at radius 3 is 2.68 bits per heavy atom. The molecule has 0 fully saturated rings. The summed E-state index contributed by atoms with van der Waals surface area (Å²) >= 11 is 0. The average molecular weight is 289 g/mol. The molecule has 1 amide bonds. The molecule has 0 aliphatic heterocycles. The van der Waals surface area contributed by atoms with Crippen LogP contribution in [-0.2, 0) is 14.9 Å². The van der Waals surface area contributed by atoms with Gasteiger partial charge in [0, 0.05) is 6.20 Å². The highest BCUT2D eigenvalue weighted by atomic mass is 32.2. The number of aromatic carboxylic acids is 1. The van der Waals surface area contributed by atoms with Gasteiger partial charge in [-0.25, -0.2) is 14.3 Å². The van der Waals surface area contributed by atoms with Crippen LogP contribution < -0.4 is 9.44 Å². The Hall–Kier alpha value is -2.36. The molecule has 19 heavy (non-hydrogen) atoms. The maximum absolute atomic E-state index is 11.5. The standard InChI is InChI=1S/C9H11N3O6S/c1-2-18-9(15)12-19(16,17)11-7-3-6(8(13)14)4-10-5-7/h3-5,11H,2H2,1H3,(H,12,15)(H,13,14).